The highest BCUT2D eigenvalue weighted by Crippen LogP contribution is 2.30. The fraction of sp³-hybridized carbons (Fsp3) is 0.941. The van der Waals surface area contributed by atoms with Crippen LogP contribution in [0.4, 0.5) is 13.2 Å². The Bertz CT molecular complexity index is 639. The third-order valence-corrected chi connectivity index (χ3v) is 8.35. The molecule has 0 aromatic heterocycles. The summed E-state index contributed by atoms with van der Waals surface area (Å²) in [6.45, 7) is 9.33. The van der Waals surface area contributed by atoms with Crippen LogP contribution in [-0.2, 0) is 10.0 Å². The van der Waals surface area contributed by atoms with Gasteiger partial charge in [0.1, 0.15) is 0 Å². The van der Waals surface area contributed by atoms with E-state index >= 15 is 0 Å². The number of halogens is 4. The van der Waals surface area contributed by atoms with Crippen LogP contribution in [0.5, 0.6) is 0 Å². The number of nitrogens with one attached hydrogen (secondary N) is 1. The van der Waals surface area contributed by atoms with E-state index in [0.717, 1.165) is 31.3 Å². The Morgan fingerprint density at radius 3 is 2.38 bits per heavy atom. The molecule has 0 saturated carbocycles. The zero-order valence-electron chi connectivity index (χ0n) is 17.1. The van der Waals surface area contributed by atoms with Crippen LogP contribution >= 0.6 is 35.7 Å². The predicted molar refractivity (Wildman–Crippen MR) is 123 cm³/mol. The van der Waals surface area contributed by atoms with Gasteiger partial charge in [-0.2, -0.15) is 29.2 Å². The summed E-state index contributed by atoms with van der Waals surface area (Å²) in [5, 5.41) is 3.87. The molecule has 2 rings (SSSR count). The summed E-state index contributed by atoms with van der Waals surface area (Å²) in [5.74, 6) is 2.56. The number of piperidine rings is 1. The van der Waals surface area contributed by atoms with Crippen LogP contribution < -0.4 is 5.32 Å². The van der Waals surface area contributed by atoms with Gasteiger partial charge in [-0.25, -0.2) is 8.42 Å². The number of hydrogen-bond acceptors (Lipinski definition) is 4. The minimum atomic E-state index is -5.23. The van der Waals surface area contributed by atoms with Crippen LogP contribution in [0.15, 0.2) is 4.99 Å². The molecule has 0 aromatic carbocycles. The van der Waals surface area contributed by atoms with E-state index in [4.69, 9.17) is 4.99 Å². The lowest BCUT2D eigenvalue weighted by Gasteiger charge is -2.36. The summed E-state index contributed by atoms with van der Waals surface area (Å²) in [4.78, 5) is 6.98. The van der Waals surface area contributed by atoms with Crippen molar-refractivity contribution in [1.29, 1.82) is 0 Å². The number of guanidine groups is 1. The normalized spacial score (nSPS) is 23.2. The zero-order valence-corrected chi connectivity index (χ0v) is 21.1. The van der Waals surface area contributed by atoms with Gasteiger partial charge in [0.15, 0.2) is 5.96 Å². The highest BCUT2D eigenvalue weighted by Gasteiger charge is 2.50. The molecule has 0 amide bonds. The number of rotatable bonds is 5. The molecule has 172 valence electrons. The highest BCUT2D eigenvalue weighted by molar-refractivity contribution is 14.0. The van der Waals surface area contributed by atoms with E-state index < -0.39 is 15.5 Å². The lowest BCUT2D eigenvalue weighted by Crippen LogP contribution is -2.49. The molecular formula is C17H32F3IN4O2S2. The summed E-state index contributed by atoms with van der Waals surface area (Å²) >= 11 is 1.98. The van der Waals surface area contributed by atoms with Crippen LogP contribution in [0.1, 0.15) is 33.6 Å². The Labute approximate surface area is 193 Å². The molecule has 2 saturated heterocycles. The van der Waals surface area contributed by atoms with Crippen molar-refractivity contribution in [3.8, 4) is 0 Å². The molecule has 0 aromatic rings. The quantitative estimate of drug-likeness (QED) is 0.312. The first-order chi connectivity index (χ1) is 13.1. The molecule has 1 N–H and O–H groups in total. The minimum Gasteiger partial charge on any atom is -0.357 e. The monoisotopic (exact) mass is 572 g/mol. The molecule has 0 aliphatic carbocycles. The van der Waals surface area contributed by atoms with E-state index in [0.29, 0.717) is 34.9 Å². The van der Waals surface area contributed by atoms with Gasteiger partial charge in [-0.1, -0.05) is 13.8 Å². The molecular weight excluding hydrogens is 540 g/mol. The second-order valence-corrected chi connectivity index (χ2v) is 10.9. The van der Waals surface area contributed by atoms with Crippen LogP contribution in [0.25, 0.3) is 0 Å². The maximum atomic E-state index is 12.7. The van der Waals surface area contributed by atoms with Crippen molar-refractivity contribution in [2.45, 2.75) is 44.4 Å². The van der Waals surface area contributed by atoms with Crippen LogP contribution in [0, 0.1) is 11.8 Å². The van der Waals surface area contributed by atoms with Gasteiger partial charge in [-0.05, 0) is 31.6 Å². The van der Waals surface area contributed by atoms with Gasteiger partial charge >= 0.3 is 15.5 Å². The molecule has 0 spiro atoms. The van der Waals surface area contributed by atoms with Crippen molar-refractivity contribution in [2.75, 3.05) is 45.0 Å². The lowest BCUT2D eigenvalue weighted by atomic mass is 9.98. The van der Waals surface area contributed by atoms with E-state index in [9.17, 15) is 21.6 Å². The second kappa shape index (κ2) is 11.6. The van der Waals surface area contributed by atoms with Crippen molar-refractivity contribution in [3.05, 3.63) is 0 Å². The Morgan fingerprint density at radius 1 is 1.24 bits per heavy atom. The molecule has 0 radical (unpaired) electrons. The molecule has 2 fully saturated rings. The van der Waals surface area contributed by atoms with Gasteiger partial charge in [-0.3, -0.25) is 4.99 Å². The molecule has 12 heteroatoms. The second-order valence-electron chi connectivity index (χ2n) is 7.59. The summed E-state index contributed by atoms with van der Waals surface area (Å²) in [7, 11) is -5.22. The van der Waals surface area contributed by atoms with Gasteiger partial charge in [0.2, 0.25) is 0 Å². The van der Waals surface area contributed by atoms with E-state index in [1.54, 1.807) is 0 Å². The van der Waals surface area contributed by atoms with Crippen molar-refractivity contribution < 1.29 is 21.6 Å². The summed E-state index contributed by atoms with van der Waals surface area (Å²) in [6, 6.07) is 0. The molecule has 2 aliphatic rings. The zero-order chi connectivity index (χ0) is 20.9. The highest BCUT2D eigenvalue weighted by atomic mass is 127. The van der Waals surface area contributed by atoms with Crippen molar-refractivity contribution in [2.24, 2.45) is 16.8 Å². The predicted octanol–water partition coefficient (Wildman–Crippen LogP) is 3.20. The summed E-state index contributed by atoms with van der Waals surface area (Å²) in [5.41, 5.74) is -5.23. The molecule has 2 heterocycles. The first-order valence-electron chi connectivity index (χ1n) is 9.77. The average molecular weight is 573 g/mol. The maximum absolute atomic E-state index is 12.7. The number of hydrogen-bond donors (Lipinski definition) is 1. The topological polar surface area (TPSA) is 65.0 Å². The Balaban J connectivity index is 0.00000420. The van der Waals surface area contributed by atoms with Crippen molar-refractivity contribution in [1.82, 2.24) is 14.5 Å². The molecule has 1 atom stereocenters. The van der Waals surface area contributed by atoms with Crippen molar-refractivity contribution >= 4 is 51.7 Å². The fourth-order valence-electron chi connectivity index (χ4n) is 3.39. The number of aliphatic imine (C=N–C) groups is 1. The third-order valence-electron chi connectivity index (χ3n) is 5.18. The molecule has 29 heavy (non-hydrogen) atoms. The first kappa shape index (κ1) is 27.1. The third kappa shape index (κ3) is 7.30. The van der Waals surface area contributed by atoms with Gasteiger partial charge in [-0.15, -0.1) is 24.0 Å². The summed E-state index contributed by atoms with van der Waals surface area (Å²) in [6.07, 6.45) is 0.783. The van der Waals surface area contributed by atoms with E-state index in [1.165, 1.54) is 0 Å². The van der Waals surface area contributed by atoms with Crippen LogP contribution in [0.3, 0.4) is 0 Å². The van der Waals surface area contributed by atoms with Gasteiger partial charge in [0.25, 0.3) is 0 Å². The fourth-order valence-corrected chi connectivity index (χ4v) is 5.67. The largest absolute Gasteiger partial charge is 0.511 e. The summed E-state index contributed by atoms with van der Waals surface area (Å²) < 4.78 is 61.6. The van der Waals surface area contributed by atoms with Crippen LogP contribution in [-0.4, -0.2) is 79.4 Å². The number of alkyl halides is 3. The molecule has 1 unspecified atom stereocenters. The van der Waals surface area contributed by atoms with E-state index in [1.807, 2.05) is 18.7 Å². The number of sulfonamides is 1. The SMILES string of the molecule is CCNC(=NCC1CCN(S(=O)(=O)C(F)(F)F)CC1)N1CCSC(C(C)C)C1.I. The number of nitrogens with zero attached hydrogens (tertiary/aromatic N) is 3. The average Bonchev–Trinajstić information content (AvgIpc) is 2.64. The van der Waals surface area contributed by atoms with Gasteiger partial charge in [0, 0.05) is 50.3 Å². The Morgan fingerprint density at radius 2 is 1.86 bits per heavy atom. The Kier molecular flexibility index (Phi) is 10.8. The van der Waals surface area contributed by atoms with E-state index in [-0.39, 0.29) is 43.0 Å². The smallest absolute Gasteiger partial charge is 0.357 e. The van der Waals surface area contributed by atoms with Crippen LogP contribution in [0.2, 0.25) is 0 Å². The lowest BCUT2D eigenvalue weighted by molar-refractivity contribution is -0.0496. The molecule has 6 nitrogen and oxygen atoms in total. The maximum Gasteiger partial charge on any atom is 0.511 e. The van der Waals surface area contributed by atoms with Crippen molar-refractivity contribution in [3.63, 3.8) is 0 Å². The number of thioether (sulfide) groups is 1. The molecule has 2 aliphatic heterocycles. The first-order valence-corrected chi connectivity index (χ1v) is 12.3. The standard InChI is InChI=1S/C17H31F3N4O2S2.HI/c1-4-21-16(23-9-10-27-15(12-23)13(2)3)22-11-14-5-7-24(8-6-14)28(25,26)17(18,19)20;/h13-15H,4-12H2,1-3H3,(H,21,22);1H. The Hall–Kier alpha value is 0.0500. The van der Waals surface area contributed by atoms with Gasteiger partial charge < -0.3 is 10.2 Å². The minimum absolute atomic E-state index is 0. The molecule has 0 bridgehead atoms. The van der Waals surface area contributed by atoms with E-state index in [2.05, 4.69) is 24.1 Å². The van der Waals surface area contributed by atoms with Gasteiger partial charge in [0.05, 0.1) is 0 Å².